The van der Waals surface area contributed by atoms with E-state index in [4.69, 9.17) is 9.47 Å². The summed E-state index contributed by atoms with van der Waals surface area (Å²) in [6.07, 6.45) is 45.5. The van der Waals surface area contributed by atoms with Gasteiger partial charge in [0.2, 0.25) is 0 Å². The van der Waals surface area contributed by atoms with E-state index >= 15 is 0 Å². The smallest absolute Gasteiger partial charge is 0.352 e. The third-order valence-corrected chi connectivity index (χ3v) is 19.3. The summed E-state index contributed by atoms with van der Waals surface area (Å²) in [5.74, 6) is 9.09. The fourth-order valence-electron chi connectivity index (χ4n) is 14.7. The van der Waals surface area contributed by atoms with Crippen LogP contribution >= 0.6 is 0 Å². The first-order valence-corrected chi connectivity index (χ1v) is 31.8. The molecule has 2 N–H and O–H groups in total. The Balaban J connectivity index is 0.000000122. The molecule has 14 rings (SSSR count). The van der Waals surface area contributed by atoms with Gasteiger partial charge in [0.1, 0.15) is 41.6 Å². The highest BCUT2D eigenvalue weighted by molar-refractivity contribution is 5.85. The molecule has 0 saturated heterocycles. The standard InChI is InChI=1S/C21H24N6O2.C20H22N6O2.2C12H22/c1-13-22-18-19(23-13)26(2)21(28)27-20(18)24-17(25-27)12-29-16-10-8-15(9-11-16)14-6-4-3-5-7-14;1-25-18-17(21-12-22-18)19-23-16(24-26(19)20(25)27)11-28-15-9-7-14(8-10-15)13-5-3-2-4-6-13;2*1-3-7-11(8-4-1)12-9-5-2-6-10-12/h8-11,14H,3-7,12H2,1-2H3,(H,22,23);7-10,12-13H,2-6,11H2,1H3,(H,21,22);2*11-12H,1-10H2. The molecule has 0 amide bonds. The maximum atomic E-state index is 12.6. The van der Waals surface area contributed by atoms with Gasteiger partial charge in [-0.15, -0.1) is 10.2 Å². The highest BCUT2D eigenvalue weighted by Crippen LogP contribution is 2.40. The van der Waals surface area contributed by atoms with Gasteiger partial charge in [0.25, 0.3) is 0 Å². The first-order valence-electron chi connectivity index (χ1n) is 31.8. The Morgan fingerprint density at radius 1 is 0.444 bits per heavy atom. The van der Waals surface area contributed by atoms with Crippen LogP contribution in [0, 0.1) is 30.6 Å². The van der Waals surface area contributed by atoms with E-state index < -0.39 is 0 Å². The van der Waals surface area contributed by atoms with Crippen molar-refractivity contribution in [1.82, 2.24) is 58.3 Å². The zero-order chi connectivity index (χ0) is 55.5. The largest absolute Gasteiger partial charge is 0.486 e. The fraction of sp³-hybridized carbons (Fsp3) is 0.631. The maximum absolute atomic E-state index is 12.6. The van der Waals surface area contributed by atoms with Crippen molar-refractivity contribution in [2.75, 3.05) is 0 Å². The molecule has 434 valence electrons. The second-order valence-corrected chi connectivity index (χ2v) is 24.8. The number of hydrogen-bond acceptors (Lipinski definition) is 10. The molecule has 0 bridgehead atoms. The van der Waals surface area contributed by atoms with Gasteiger partial charge in [-0.25, -0.2) is 29.5 Å². The third-order valence-electron chi connectivity index (χ3n) is 19.3. The molecule has 0 radical (unpaired) electrons. The van der Waals surface area contributed by atoms with E-state index in [0.717, 1.165) is 41.0 Å². The Morgan fingerprint density at radius 3 is 1.20 bits per heavy atom. The van der Waals surface area contributed by atoms with Gasteiger partial charge in [0.05, 0.1) is 6.33 Å². The number of aromatic nitrogens is 12. The summed E-state index contributed by atoms with van der Waals surface area (Å²) in [6.45, 7) is 2.24. The molecule has 6 heterocycles. The van der Waals surface area contributed by atoms with Crippen LogP contribution in [0.2, 0.25) is 0 Å². The molecular weight excluding hydrogens is 1010 g/mol. The second kappa shape index (κ2) is 27.2. The molecule has 6 fully saturated rings. The number of fused-ring (bicyclic) bond motifs is 6. The number of H-pyrrole nitrogens is 2. The lowest BCUT2D eigenvalue weighted by Gasteiger charge is -2.32. The van der Waals surface area contributed by atoms with Crippen LogP contribution in [0.4, 0.5) is 0 Å². The van der Waals surface area contributed by atoms with Gasteiger partial charge in [-0.3, -0.25) is 9.13 Å². The summed E-state index contributed by atoms with van der Waals surface area (Å²) in [7, 11) is 3.34. The van der Waals surface area contributed by atoms with E-state index in [-0.39, 0.29) is 24.6 Å². The number of benzene rings is 2. The van der Waals surface area contributed by atoms with Gasteiger partial charge in [-0.05, 0) is 104 Å². The van der Waals surface area contributed by atoms with E-state index in [1.165, 1.54) is 171 Å². The molecule has 0 atom stereocenters. The molecule has 6 aliphatic carbocycles. The number of nitrogens with zero attached hydrogens (tertiary/aromatic N) is 10. The Hall–Kier alpha value is -6.32. The van der Waals surface area contributed by atoms with Gasteiger partial charge in [0, 0.05) is 14.1 Å². The predicted molar refractivity (Wildman–Crippen MR) is 320 cm³/mol. The molecule has 8 aromatic rings. The third kappa shape index (κ3) is 13.8. The molecule has 16 heteroatoms. The quantitative estimate of drug-likeness (QED) is 0.134. The number of ether oxygens (including phenoxy) is 2. The zero-order valence-electron chi connectivity index (χ0n) is 48.9. The van der Waals surface area contributed by atoms with Crippen molar-refractivity contribution in [2.24, 2.45) is 37.8 Å². The summed E-state index contributed by atoms with van der Waals surface area (Å²) in [6, 6.07) is 16.7. The minimum Gasteiger partial charge on any atom is -0.486 e. The SMILES string of the molecule is C1CCC(C2CCCCC2)CC1.C1CCC(C2CCCCC2)CC1.Cc1nc2c([nH]1)c1nc(COc3ccc(C4CCCCC4)cc3)nn1c(=O)n2C.Cn1c(=O)n2nc(COc3ccc(C4CCCCC4)cc3)nc2c2[nH]cnc21. The number of aryl methyl sites for hydroxylation is 3. The topological polar surface area (TPSA) is 180 Å². The van der Waals surface area contributed by atoms with Crippen molar-refractivity contribution in [2.45, 2.75) is 225 Å². The van der Waals surface area contributed by atoms with Crippen molar-refractivity contribution in [1.29, 1.82) is 0 Å². The average Bonchev–Trinajstić information content (AvgIpc) is 4.50. The molecule has 2 aromatic carbocycles. The summed E-state index contributed by atoms with van der Waals surface area (Å²) in [5, 5.41) is 8.65. The summed E-state index contributed by atoms with van der Waals surface area (Å²) >= 11 is 0. The van der Waals surface area contributed by atoms with Crippen LogP contribution in [-0.2, 0) is 27.3 Å². The lowest BCUT2D eigenvalue weighted by Crippen LogP contribution is -2.25. The van der Waals surface area contributed by atoms with Crippen molar-refractivity contribution in [3.8, 4) is 11.5 Å². The van der Waals surface area contributed by atoms with Crippen molar-refractivity contribution in [3.05, 3.63) is 104 Å². The van der Waals surface area contributed by atoms with Crippen LogP contribution < -0.4 is 20.9 Å². The van der Waals surface area contributed by atoms with E-state index in [1.807, 2.05) is 31.2 Å². The van der Waals surface area contributed by atoms with Gasteiger partial charge in [-0.2, -0.15) is 9.03 Å². The summed E-state index contributed by atoms with van der Waals surface area (Å²) < 4.78 is 17.2. The number of aromatic amines is 2. The van der Waals surface area contributed by atoms with Gasteiger partial charge in [0.15, 0.2) is 34.2 Å². The fourth-order valence-corrected chi connectivity index (χ4v) is 14.7. The minimum absolute atomic E-state index is 0.197. The Morgan fingerprint density at radius 2 is 0.802 bits per heavy atom. The molecule has 6 saturated carbocycles. The van der Waals surface area contributed by atoms with Crippen LogP contribution in [0.5, 0.6) is 11.5 Å². The van der Waals surface area contributed by atoms with Gasteiger partial charge in [-0.1, -0.05) is 191 Å². The minimum atomic E-state index is -0.287. The van der Waals surface area contributed by atoms with Gasteiger partial charge >= 0.3 is 11.4 Å². The molecule has 81 heavy (non-hydrogen) atoms. The Labute approximate surface area is 477 Å². The molecule has 6 aliphatic rings. The van der Waals surface area contributed by atoms with Crippen LogP contribution in [0.25, 0.3) is 33.6 Å². The van der Waals surface area contributed by atoms with Crippen molar-refractivity contribution in [3.63, 3.8) is 0 Å². The molecule has 16 nitrogen and oxygen atoms in total. The first kappa shape index (κ1) is 56.5. The first-order chi connectivity index (χ1) is 39.7. The number of imidazole rings is 2. The lowest BCUT2D eigenvalue weighted by atomic mass is 9.73. The number of nitrogens with one attached hydrogen (secondary N) is 2. The summed E-state index contributed by atoms with van der Waals surface area (Å²) in [4.78, 5) is 48.7. The van der Waals surface area contributed by atoms with Crippen LogP contribution in [0.3, 0.4) is 0 Å². The monoisotopic (exact) mass is 1100 g/mol. The van der Waals surface area contributed by atoms with Crippen molar-refractivity contribution < 1.29 is 9.47 Å². The maximum Gasteiger partial charge on any atom is 0.352 e. The molecule has 0 aliphatic heterocycles. The van der Waals surface area contributed by atoms with E-state index in [2.05, 4.69) is 64.4 Å². The molecule has 0 spiro atoms. The highest BCUT2D eigenvalue weighted by atomic mass is 16.5. The van der Waals surface area contributed by atoms with E-state index in [0.29, 0.717) is 57.1 Å². The highest BCUT2D eigenvalue weighted by Gasteiger charge is 2.27. The Kier molecular flexibility index (Phi) is 19.0. The Bertz CT molecular complexity index is 3300. The zero-order valence-corrected chi connectivity index (χ0v) is 48.9. The average molecular weight is 1100 g/mol. The van der Waals surface area contributed by atoms with E-state index in [9.17, 15) is 9.59 Å². The molecule has 6 aromatic heterocycles. The van der Waals surface area contributed by atoms with Crippen LogP contribution in [0.15, 0.2) is 64.4 Å². The lowest BCUT2D eigenvalue weighted by molar-refractivity contribution is 0.196. The van der Waals surface area contributed by atoms with Gasteiger partial charge < -0.3 is 19.4 Å². The predicted octanol–water partition coefficient (Wildman–Crippen LogP) is 14.5. The van der Waals surface area contributed by atoms with E-state index in [1.54, 1.807) is 71.8 Å². The number of rotatable bonds is 10. The van der Waals surface area contributed by atoms with Crippen molar-refractivity contribution >= 4 is 33.6 Å². The molecular formula is C65H90N12O4. The molecule has 0 unspecified atom stereocenters. The second-order valence-electron chi connectivity index (χ2n) is 24.8. The number of hydrogen-bond donors (Lipinski definition) is 2. The van der Waals surface area contributed by atoms with Crippen LogP contribution in [0.1, 0.15) is 233 Å². The summed E-state index contributed by atoms with van der Waals surface area (Å²) in [5.41, 5.74) is 5.63. The normalized spacial score (nSPS) is 19.4. The van der Waals surface area contributed by atoms with Crippen LogP contribution in [-0.4, -0.2) is 58.3 Å².